The van der Waals surface area contributed by atoms with Crippen molar-refractivity contribution in [2.45, 2.75) is 20.3 Å². The minimum absolute atomic E-state index is 0.274. The molecule has 0 aromatic heterocycles. The molecule has 0 aliphatic rings. The lowest BCUT2D eigenvalue weighted by atomic mass is 10.1. The van der Waals surface area contributed by atoms with Gasteiger partial charge in [0, 0.05) is 0 Å². The zero-order valence-electron chi connectivity index (χ0n) is 8.16. The van der Waals surface area contributed by atoms with Crippen molar-refractivity contribution in [2.75, 3.05) is 6.61 Å². The number of hydrogen-bond donors (Lipinski definition) is 1. The van der Waals surface area contributed by atoms with Crippen LogP contribution in [-0.2, 0) is 0 Å². The van der Waals surface area contributed by atoms with Gasteiger partial charge in [-0.2, -0.15) is 0 Å². The first-order chi connectivity index (χ1) is 6.22. The van der Waals surface area contributed by atoms with Gasteiger partial charge in [0.25, 0.3) is 0 Å². The van der Waals surface area contributed by atoms with Gasteiger partial charge in [0.2, 0.25) is 0 Å². The molecule has 0 aliphatic carbocycles. The molecule has 1 N–H and O–H groups in total. The SMILES string of the molecule is CC[C@H](C)COc1ccc(O)cc1. The van der Waals surface area contributed by atoms with Crippen LogP contribution in [0.1, 0.15) is 20.3 Å². The van der Waals surface area contributed by atoms with Crippen molar-refractivity contribution in [1.82, 2.24) is 0 Å². The molecule has 0 spiro atoms. The fourth-order valence-electron chi connectivity index (χ4n) is 0.899. The fraction of sp³-hybridized carbons (Fsp3) is 0.455. The van der Waals surface area contributed by atoms with Gasteiger partial charge < -0.3 is 9.84 Å². The van der Waals surface area contributed by atoms with E-state index in [1.54, 1.807) is 24.3 Å². The average molecular weight is 180 g/mol. The Hall–Kier alpha value is -1.18. The van der Waals surface area contributed by atoms with Crippen LogP contribution in [0.2, 0.25) is 0 Å². The maximum atomic E-state index is 9.02. The molecule has 0 amide bonds. The van der Waals surface area contributed by atoms with Gasteiger partial charge in [-0.25, -0.2) is 0 Å². The van der Waals surface area contributed by atoms with Crippen molar-refractivity contribution in [1.29, 1.82) is 0 Å². The third-order valence-corrected chi connectivity index (χ3v) is 2.07. The molecular formula is C11H16O2. The summed E-state index contributed by atoms with van der Waals surface area (Å²) in [5, 5.41) is 9.02. The Bertz CT molecular complexity index is 241. The van der Waals surface area contributed by atoms with Gasteiger partial charge in [0.1, 0.15) is 11.5 Å². The second-order valence-electron chi connectivity index (χ2n) is 3.32. The lowest BCUT2D eigenvalue weighted by Crippen LogP contribution is -2.06. The number of benzene rings is 1. The van der Waals surface area contributed by atoms with E-state index >= 15 is 0 Å². The van der Waals surface area contributed by atoms with Crippen molar-refractivity contribution in [3.8, 4) is 11.5 Å². The third kappa shape index (κ3) is 3.36. The second kappa shape index (κ2) is 4.75. The maximum Gasteiger partial charge on any atom is 0.119 e. The fourth-order valence-corrected chi connectivity index (χ4v) is 0.899. The molecule has 0 heterocycles. The molecule has 2 nitrogen and oxygen atoms in total. The quantitative estimate of drug-likeness (QED) is 0.772. The van der Waals surface area contributed by atoms with Gasteiger partial charge in [0.05, 0.1) is 6.61 Å². The van der Waals surface area contributed by atoms with E-state index in [0.717, 1.165) is 18.8 Å². The first-order valence-corrected chi connectivity index (χ1v) is 4.64. The van der Waals surface area contributed by atoms with Crippen LogP contribution in [0.3, 0.4) is 0 Å². The smallest absolute Gasteiger partial charge is 0.119 e. The Morgan fingerprint density at radius 1 is 1.31 bits per heavy atom. The Balaban J connectivity index is 2.41. The highest BCUT2D eigenvalue weighted by molar-refractivity contribution is 5.29. The van der Waals surface area contributed by atoms with Crippen LogP contribution in [-0.4, -0.2) is 11.7 Å². The predicted octanol–water partition coefficient (Wildman–Crippen LogP) is 2.82. The van der Waals surface area contributed by atoms with Crippen LogP contribution in [0.4, 0.5) is 0 Å². The number of phenols is 1. The summed E-state index contributed by atoms with van der Waals surface area (Å²) in [6.45, 7) is 5.03. The van der Waals surface area contributed by atoms with Crippen LogP contribution < -0.4 is 4.74 Å². The van der Waals surface area contributed by atoms with Crippen LogP contribution >= 0.6 is 0 Å². The minimum atomic E-state index is 0.274. The predicted molar refractivity (Wildman–Crippen MR) is 53.1 cm³/mol. The Kier molecular flexibility index (Phi) is 3.62. The Morgan fingerprint density at radius 2 is 1.92 bits per heavy atom. The highest BCUT2D eigenvalue weighted by Crippen LogP contribution is 2.16. The topological polar surface area (TPSA) is 29.5 Å². The van der Waals surface area contributed by atoms with E-state index in [2.05, 4.69) is 13.8 Å². The first-order valence-electron chi connectivity index (χ1n) is 4.64. The summed E-state index contributed by atoms with van der Waals surface area (Å²) in [7, 11) is 0. The van der Waals surface area contributed by atoms with Crippen molar-refractivity contribution in [3.05, 3.63) is 24.3 Å². The summed E-state index contributed by atoms with van der Waals surface area (Å²) in [6.07, 6.45) is 1.12. The molecule has 1 atom stereocenters. The van der Waals surface area contributed by atoms with Crippen LogP contribution in [0, 0.1) is 5.92 Å². The van der Waals surface area contributed by atoms with E-state index < -0.39 is 0 Å². The Labute approximate surface area is 79.2 Å². The normalized spacial score (nSPS) is 12.5. The van der Waals surface area contributed by atoms with Gasteiger partial charge in [-0.3, -0.25) is 0 Å². The van der Waals surface area contributed by atoms with E-state index in [1.165, 1.54) is 0 Å². The maximum absolute atomic E-state index is 9.02. The van der Waals surface area contributed by atoms with Gasteiger partial charge in [-0.05, 0) is 30.2 Å². The molecule has 0 saturated carbocycles. The molecule has 1 rings (SSSR count). The number of rotatable bonds is 4. The third-order valence-electron chi connectivity index (χ3n) is 2.07. The zero-order chi connectivity index (χ0) is 9.68. The van der Waals surface area contributed by atoms with Gasteiger partial charge in [-0.1, -0.05) is 20.3 Å². The molecule has 2 heteroatoms. The van der Waals surface area contributed by atoms with E-state index in [1.807, 2.05) is 0 Å². The van der Waals surface area contributed by atoms with E-state index in [9.17, 15) is 0 Å². The van der Waals surface area contributed by atoms with Crippen molar-refractivity contribution >= 4 is 0 Å². The highest BCUT2D eigenvalue weighted by Gasteiger charge is 1.99. The molecule has 0 fully saturated rings. The van der Waals surface area contributed by atoms with Gasteiger partial charge in [0.15, 0.2) is 0 Å². The minimum Gasteiger partial charge on any atom is -0.508 e. The first kappa shape index (κ1) is 9.90. The molecule has 0 unspecified atom stereocenters. The lowest BCUT2D eigenvalue weighted by Gasteiger charge is -2.10. The van der Waals surface area contributed by atoms with Crippen molar-refractivity contribution < 1.29 is 9.84 Å². The summed E-state index contributed by atoms with van der Waals surface area (Å²) in [4.78, 5) is 0. The summed E-state index contributed by atoms with van der Waals surface area (Å²) >= 11 is 0. The summed E-state index contributed by atoms with van der Waals surface area (Å²) in [5.74, 6) is 1.67. The molecule has 0 saturated heterocycles. The van der Waals surface area contributed by atoms with Crippen molar-refractivity contribution in [2.24, 2.45) is 5.92 Å². The van der Waals surface area contributed by atoms with Crippen LogP contribution in [0.15, 0.2) is 24.3 Å². The number of aromatic hydroxyl groups is 1. The van der Waals surface area contributed by atoms with E-state index in [0.29, 0.717) is 5.92 Å². The lowest BCUT2D eigenvalue weighted by molar-refractivity contribution is 0.256. The van der Waals surface area contributed by atoms with E-state index in [-0.39, 0.29) is 5.75 Å². The molecule has 0 radical (unpaired) electrons. The number of phenolic OH excluding ortho intramolecular Hbond substituents is 1. The van der Waals surface area contributed by atoms with Crippen LogP contribution in [0.5, 0.6) is 11.5 Å². The van der Waals surface area contributed by atoms with Crippen LogP contribution in [0.25, 0.3) is 0 Å². The number of hydrogen-bond acceptors (Lipinski definition) is 2. The molecule has 1 aromatic rings. The van der Waals surface area contributed by atoms with Crippen molar-refractivity contribution in [3.63, 3.8) is 0 Å². The Morgan fingerprint density at radius 3 is 2.46 bits per heavy atom. The molecule has 13 heavy (non-hydrogen) atoms. The second-order valence-corrected chi connectivity index (χ2v) is 3.32. The molecule has 0 aliphatic heterocycles. The molecule has 72 valence electrons. The average Bonchev–Trinajstić information content (AvgIpc) is 2.16. The summed E-state index contributed by atoms with van der Waals surface area (Å²) in [5.41, 5.74) is 0. The summed E-state index contributed by atoms with van der Waals surface area (Å²) in [6, 6.07) is 6.81. The van der Waals surface area contributed by atoms with E-state index in [4.69, 9.17) is 9.84 Å². The zero-order valence-corrected chi connectivity index (χ0v) is 8.16. The highest BCUT2D eigenvalue weighted by atomic mass is 16.5. The van der Waals surface area contributed by atoms with Gasteiger partial charge in [-0.15, -0.1) is 0 Å². The largest absolute Gasteiger partial charge is 0.508 e. The summed E-state index contributed by atoms with van der Waals surface area (Å²) < 4.78 is 5.50. The molecule has 0 bridgehead atoms. The molecule has 1 aromatic carbocycles. The monoisotopic (exact) mass is 180 g/mol. The van der Waals surface area contributed by atoms with Gasteiger partial charge >= 0.3 is 0 Å². The molecular weight excluding hydrogens is 164 g/mol. The standard InChI is InChI=1S/C11H16O2/c1-3-9(2)8-13-11-6-4-10(12)5-7-11/h4-7,9,12H,3,8H2,1-2H3/t9-/m0/s1. The number of ether oxygens (including phenoxy) is 1.